The lowest BCUT2D eigenvalue weighted by atomic mass is 10.1. The number of hydrogen-bond donors (Lipinski definition) is 2. The number of aromatic nitrogens is 5. The molecule has 4 aromatic heterocycles. The molecule has 0 saturated carbocycles. The maximum atomic E-state index is 12.5. The molecule has 29 heavy (non-hydrogen) atoms. The molecule has 10 nitrogen and oxygen atoms in total. The van der Waals surface area contributed by atoms with Gasteiger partial charge in [-0.1, -0.05) is 0 Å². The zero-order chi connectivity index (χ0) is 20.4. The van der Waals surface area contributed by atoms with Crippen LogP contribution in [0.1, 0.15) is 15.5 Å². The normalized spacial score (nSPS) is 10.8. The lowest BCUT2D eigenvalue weighted by Gasteiger charge is -2.07. The van der Waals surface area contributed by atoms with Crippen molar-refractivity contribution in [3.8, 4) is 22.9 Å². The van der Waals surface area contributed by atoms with Crippen LogP contribution >= 0.6 is 11.3 Å². The summed E-state index contributed by atoms with van der Waals surface area (Å²) in [5.74, 6) is 1.11. The fourth-order valence-corrected chi connectivity index (χ4v) is 3.49. The number of ether oxygens (including phenoxy) is 2. The summed E-state index contributed by atoms with van der Waals surface area (Å²) in [5, 5.41) is 8.82. The SMILES string of the molecule is COc1cc(OC)nc(CNC(=O)c2cc(-c3ccc4nc(N)nn4c3)cs2)n1. The van der Waals surface area contributed by atoms with E-state index in [2.05, 4.69) is 25.4 Å². The number of nitrogens with zero attached hydrogens (tertiary/aromatic N) is 5. The van der Waals surface area contributed by atoms with Gasteiger partial charge in [-0.15, -0.1) is 16.4 Å². The van der Waals surface area contributed by atoms with Gasteiger partial charge in [0.1, 0.15) is 0 Å². The first kappa shape index (κ1) is 18.6. The van der Waals surface area contributed by atoms with Crippen LogP contribution in [-0.2, 0) is 6.54 Å². The molecule has 0 aromatic carbocycles. The molecule has 0 bridgehead atoms. The van der Waals surface area contributed by atoms with Gasteiger partial charge in [-0.05, 0) is 29.1 Å². The summed E-state index contributed by atoms with van der Waals surface area (Å²) in [7, 11) is 3.00. The molecule has 0 aliphatic rings. The fraction of sp³-hybridized carbons (Fsp3) is 0.167. The van der Waals surface area contributed by atoms with Crippen LogP contribution in [0, 0.1) is 0 Å². The highest BCUT2D eigenvalue weighted by Gasteiger charge is 2.13. The van der Waals surface area contributed by atoms with Gasteiger partial charge in [0.05, 0.1) is 31.7 Å². The summed E-state index contributed by atoms with van der Waals surface area (Å²) in [6, 6.07) is 7.11. The zero-order valence-corrected chi connectivity index (χ0v) is 16.4. The molecule has 3 N–H and O–H groups in total. The molecule has 0 unspecified atom stereocenters. The number of hydrogen-bond acceptors (Lipinski definition) is 9. The van der Waals surface area contributed by atoms with Gasteiger partial charge in [0.15, 0.2) is 11.5 Å². The number of pyridine rings is 1. The minimum atomic E-state index is -0.224. The molecule has 0 aliphatic carbocycles. The van der Waals surface area contributed by atoms with Crippen molar-refractivity contribution in [1.29, 1.82) is 0 Å². The monoisotopic (exact) mass is 411 g/mol. The van der Waals surface area contributed by atoms with Crippen molar-refractivity contribution in [2.24, 2.45) is 0 Å². The highest BCUT2D eigenvalue weighted by molar-refractivity contribution is 7.12. The van der Waals surface area contributed by atoms with Crippen LogP contribution in [0.4, 0.5) is 5.95 Å². The van der Waals surface area contributed by atoms with Crippen molar-refractivity contribution in [3.63, 3.8) is 0 Å². The first-order valence-electron chi connectivity index (χ1n) is 8.50. The molecule has 4 heterocycles. The van der Waals surface area contributed by atoms with Gasteiger partial charge in [-0.2, -0.15) is 15.0 Å². The van der Waals surface area contributed by atoms with E-state index in [0.29, 0.717) is 28.1 Å². The predicted octanol–water partition coefficient (Wildman–Crippen LogP) is 1.78. The number of anilines is 1. The van der Waals surface area contributed by atoms with Crippen molar-refractivity contribution in [2.45, 2.75) is 6.54 Å². The van der Waals surface area contributed by atoms with Crippen LogP contribution in [-0.4, -0.2) is 44.7 Å². The van der Waals surface area contributed by atoms with Gasteiger partial charge in [-0.25, -0.2) is 4.52 Å². The van der Waals surface area contributed by atoms with Crippen molar-refractivity contribution in [2.75, 3.05) is 20.0 Å². The van der Waals surface area contributed by atoms with Crippen LogP contribution in [0.5, 0.6) is 11.8 Å². The van der Waals surface area contributed by atoms with Gasteiger partial charge < -0.3 is 20.5 Å². The molecular formula is C18H17N7O3S. The largest absolute Gasteiger partial charge is 0.481 e. The van der Waals surface area contributed by atoms with Crippen LogP contribution in [0.3, 0.4) is 0 Å². The smallest absolute Gasteiger partial charge is 0.261 e. The molecule has 4 aromatic rings. The maximum absolute atomic E-state index is 12.5. The van der Waals surface area contributed by atoms with E-state index in [1.807, 2.05) is 29.8 Å². The third-order valence-electron chi connectivity index (χ3n) is 4.05. The lowest BCUT2D eigenvalue weighted by molar-refractivity contribution is 0.0953. The second-order valence-electron chi connectivity index (χ2n) is 5.94. The Kier molecular flexibility index (Phi) is 4.96. The number of carbonyl (C=O) groups is 1. The third-order valence-corrected chi connectivity index (χ3v) is 4.98. The van der Waals surface area contributed by atoms with E-state index in [1.165, 1.54) is 25.6 Å². The lowest BCUT2D eigenvalue weighted by Crippen LogP contribution is -2.23. The van der Waals surface area contributed by atoms with Crippen LogP contribution in [0.15, 0.2) is 35.8 Å². The Morgan fingerprint density at radius 2 is 1.90 bits per heavy atom. The standard InChI is InChI=1S/C18H17N7O3S/c1-27-15-6-16(28-2)22-13(21-15)7-20-17(26)12-5-11(9-29-12)10-3-4-14-23-18(19)24-25(14)8-10/h3-6,8-9H,7H2,1-2H3,(H2,19,24)(H,20,26). The number of nitrogens with one attached hydrogen (secondary N) is 1. The molecule has 0 atom stereocenters. The summed E-state index contributed by atoms with van der Waals surface area (Å²) >= 11 is 1.34. The average molecular weight is 411 g/mol. The summed E-state index contributed by atoms with van der Waals surface area (Å²) in [6.07, 6.45) is 1.82. The van der Waals surface area contributed by atoms with E-state index in [0.717, 1.165) is 11.1 Å². The van der Waals surface area contributed by atoms with Crippen molar-refractivity contribution in [1.82, 2.24) is 29.9 Å². The molecule has 0 aliphatic heterocycles. The molecular weight excluding hydrogens is 394 g/mol. The predicted molar refractivity (Wildman–Crippen MR) is 107 cm³/mol. The van der Waals surface area contributed by atoms with Gasteiger partial charge >= 0.3 is 0 Å². The Balaban J connectivity index is 1.48. The summed E-state index contributed by atoms with van der Waals surface area (Å²) in [6.45, 7) is 0.143. The number of amides is 1. The van der Waals surface area contributed by atoms with Gasteiger partial charge in [0.2, 0.25) is 17.7 Å². The Bertz CT molecular complexity index is 1170. The number of fused-ring (bicyclic) bond motifs is 1. The van der Waals surface area contributed by atoms with E-state index in [9.17, 15) is 4.79 Å². The number of methoxy groups -OCH3 is 2. The molecule has 1 amide bonds. The number of carbonyl (C=O) groups excluding carboxylic acids is 1. The maximum Gasteiger partial charge on any atom is 0.261 e. The van der Waals surface area contributed by atoms with Crippen molar-refractivity contribution < 1.29 is 14.3 Å². The number of nitrogens with two attached hydrogens (primary N) is 1. The summed E-state index contributed by atoms with van der Waals surface area (Å²) in [4.78, 5) is 25.6. The van der Waals surface area contributed by atoms with Crippen LogP contribution in [0.25, 0.3) is 16.8 Å². The van der Waals surface area contributed by atoms with Crippen LogP contribution < -0.4 is 20.5 Å². The van der Waals surface area contributed by atoms with E-state index >= 15 is 0 Å². The topological polar surface area (TPSA) is 130 Å². The molecule has 0 fully saturated rings. The van der Waals surface area contributed by atoms with Crippen LogP contribution in [0.2, 0.25) is 0 Å². The van der Waals surface area contributed by atoms with E-state index in [4.69, 9.17) is 15.2 Å². The van der Waals surface area contributed by atoms with E-state index < -0.39 is 0 Å². The second-order valence-corrected chi connectivity index (χ2v) is 6.85. The zero-order valence-electron chi connectivity index (χ0n) is 15.6. The minimum absolute atomic E-state index is 0.143. The minimum Gasteiger partial charge on any atom is -0.481 e. The first-order chi connectivity index (χ1) is 14.1. The van der Waals surface area contributed by atoms with E-state index in [1.54, 1.807) is 10.6 Å². The van der Waals surface area contributed by atoms with Gasteiger partial charge in [0, 0.05) is 11.8 Å². The molecule has 0 radical (unpaired) electrons. The highest BCUT2D eigenvalue weighted by atomic mass is 32.1. The Morgan fingerprint density at radius 1 is 1.14 bits per heavy atom. The van der Waals surface area contributed by atoms with Crippen molar-refractivity contribution in [3.05, 3.63) is 46.5 Å². The second kappa shape index (κ2) is 7.72. The third kappa shape index (κ3) is 3.94. The molecule has 148 valence electrons. The Labute approximate surface area is 169 Å². The van der Waals surface area contributed by atoms with Gasteiger partial charge in [0.25, 0.3) is 5.91 Å². The van der Waals surface area contributed by atoms with Crippen molar-refractivity contribution >= 4 is 28.8 Å². The number of rotatable bonds is 6. The molecule has 4 rings (SSSR count). The summed E-state index contributed by atoms with van der Waals surface area (Å²) in [5.41, 5.74) is 8.08. The Hall–Kier alpha value is -3.73. The van der Waals surface area contributed by atoms with E-state index in [-0.39, 0.29) is 18.4 Å². The summed E-state index contributed by atoms with van der Waals surface area (Å²) < 4.78 is 11.8. The molecule has 0 spiro atoms. The van der Waals surface area contributed by atoms with Gasteiger partial charge in [-0.3, -0.25) is 4.79 Å². The quantitative estimate of drug-likeness (QED) is 0.491. The first-order valence-corrected chi connectivity index (χ1v) is 9.38. The molecule has 0 saturated heterocycles. The Morgan fingerprint density at radius 3 is 2.62 bits per heavy atom. The molecule has 11 heteroatoms. The number of thiophene rings is 1. The highest BCUT2D eigenvalue weighted by Crippen LogP contribution is 2.26. The fourth-order valence-electron chi connectivity index (χ4n) is 2.66. The number of nitrogen functional groups attached to an aromatic ring is 1. The average Bonchev–Trinajstić information content (AvgIpc) is 3.37.